The van der Waals surface area contributed by atoms with E-state index in [9.17, 15) is 14.4 Å². The van der Waals surface area contributed by atoms with E-state index in [0.717, 1.165) is 37.8 Å². The zero-order chi connectivity index (χ0) is 22.4. The summed E-state index contributed by atoms with van der Waals surface area (Å²) in [4.78, 5) is 40.1. The van der Waals surface area contributed by atoms with E-state index in [-0.39, 0.29) is 36.1 Å². The van der Waals surface area contributed by atoms with Crippen molar-refractivity contribution in [2.45, 2.75) is 70.9 Å². The molecule has 1 heterocycles. The summed E-state index contributed by atoms with van der Waals surface area (Å²) in [7, 11) is 1.59. The summed E-state index contributed by atoms with van der Waals surface area (Å²) < 4.78 is 5.17. The predicted octanol–water partition coefficient (Wildman–Crippen LogP) is 3.03. The van der Waals surface area contributed by atoms with Crippen molar-refractivity contribution in [3.63, 3.8) is 0 Å². The molecule has 1 aliphatic heterocycles. The lowest BCUT2D eigenvalue weighted by atomic mass is 9.93. The fraction of sp³-hybridized carbons (Fsp3) is 0.625. The van der Waals surface area contributed by atoms with Crippen LogP contribution in [0.3, 0.4) is 0 Å². The highest BCUT2D eigenvalue weighted by atomic mass is 16.5. The molecular weight excluding hydrogens is 394 g/mol. The maximum absolute atomic E-state index is 13.0. The average molecular weight is 430 g/mol. The molecule has 0 radical (unpaired) electrons. The Bertz CT molecular complexity index is 774. The first-order valence-electron chi connectivity index (χ1n) is 11.5. The van der Waals surface area contributed by atoms with Crippen LogP contribution in [0.15, 0.2) is 24.3 Å². The summed E-state index contributed by atoms with van der Waals surface area (Å²) in [6.07, 6.45) is 6.42. The molecule has 3 rings (SSSR count). The summed E-state index contributed by atoms with van der Waals surface area (Å²) in [5, 5.41) is 6.10. The largest absolute Gasteiger partial charge is 0.497 e. The second kappa shape index (κ2) is 10.6. The van der Waals surface area contributed by atoms with Gasteiger partial charge in [-0.1, -0.05) is 39.5 Å². The molecule has 7 heteroatoms. The van der Waals surface area contributed by atoms with Crippen LogP contribution in [-0.4, -0.2) is 43.5 Å². The molecule has 1 saturated carbocycles. The highest BCUT2D eigenvalue weighted by Crippen LogP contribution is 2.27. The van der Waals surface area contributed by atoms with Crippen LogP contribution in [0.1, 0.15) is 58.8 Å². The van der Waals surface area contributed by atoms with Gasteiger partial charge in [0.15, 0.2) is 0 Å². The Morgan fingerprint density at radius 2 is 1.84 bits per heavy atom. The summed E-state index contributed by atoms with van der Waals surface area (Å²) in [5.74, 6) is -0.160. The van der Waals surface area contributed by atoms with Gasteiger partial charge < -0.3 is 20.3 Å². The SMILES string of the molecule is CCC(C)[C@@H](NC(=O)C1CC(=O)N(c2ccc(OC)cc2)C1)C(=O)NC1CCCCC1. The normalized spacial score (nSPS) is 21.5. The Balaban J connectivity index is 1.62. The summed E-state index contributed by atoms with van der Waals surface area (Å²) in [5.41, 5.74) is 0.745. The van der Waals surface area contributed by atoms with Crippen molar-refractivity contribution in [2.75, 3.05) is 18.6 Å². The molecule has 0 bridgehead atoms. The van der Waals surface area contributed by atoms with Crippen LogP contribution in [0, 0.1) is 11.8 Å². The van der Waals surface area contributed by atoms with Gasteiger partial charge in [0.1, 0.15) is 11.8 Å². The van der Waals surface area contributed by atoms with Crippen LogP contribution in [0.25, 0.3) is 0 Å². The molecule has 1 aromatic rings. The lowest BCUT2D eigenvalue weighted by Crippen LogP contribution is -2.54. The molecule has 170 valence electrons. The zero-order valence-electron chi connectivity index (χ0n) is 18.9. The third-order valence-electron chi connectivity index (χ3n) is 6.62. The van der Waals surface area contributed by atoms with Crippen LogP contribution in [-0.2, 0) is 14.4 Å². The van der Waals surface area contributed by atoms with Crippen LogP contribution >= 0.6 is 0 Å². The minimum absolute atomic E-state index is 0.0161. The van der Waals surface area contributed by atoms with Crippen LogP contribution in [0.2, 0.25) is 0 Å². The minimum Gasteiger partial charge on any atom is -0.497 e. The number of carbonyl (C=O) groups is 3. The minimum atomic E-state index is -0.579. The number of nitrogens with zero attached hydrogens (tertiary/aromatic N) is 1. The number of ether oxygens (including phenoxy) is 1. The summed E-state index contributed by atoms with van der Waals surface area (Å²) in [6.45, 7) is 4.31. The number of carbonyl (C=O) groups excluding carboxylic acids is 3. The second-order valence-corrected chi connectivity index (χ2v) is 8.82. The highest BCUT2D eigenvalue weighted by molar-refractivity contribution is 6.01. The molecule has 2 fully saturated rings. The average Bonchev–Trinajstić information content (AvgIpc) is 3.19. The Kier molecular flexibility index (Phi) is 7.93. The van der Waals surface area contributed by atoms with Gasteiger partial charge >= 0.3 is 0 Å². The van der Waals surface area contributed by atoms with Crippen molar-refractivity contribution >= 4 is 23.4 Å². The molecule has 31 heavy (non-hydrogen) atoms. The third-order valence-corrected chi connectivity index (χ3v) is 6.62. The van der Waals surface area contributed by atoms with Gasteiger partial charge in [-0.05, 0) is 43.0 Å². The lowest BCUT2D eigenvalue weighted by molar-refractivity contribution is -0.132. The molecule has 3 amide bonds. The van der Waals surface area contributed by atoms with Crippen LogP contribution in [0.4, 0.5) is 5.69 Å². The molecule has 2 unspecified atom stereocenters. The van der Waals surface area contributed by atoms with Gasteiger partial charge in [-0.3, -0.25) is 14.4 Å². The van der Waals surface area contributed by atoms with Gasteiger partial charge in [-0.2, -0.15) is 0 Å². The standard InChI is InChI=1S/C24H35N3O4/c1-4-16(2)22(24(30)25-18-8-6-5-7-9-18)26-23(29)17-14-21(28)27(15-17)19-10-12-20(31-3)13-11-19/h10-13,16-18,22H,4-9,14-15H2,1-3H3,(H,25,30)(H,26,29)/t16?,17?,22-/m1/s1. The maximum atomic E-state index is 13.0. The number of rotatable bonds is 8. The number of anilines is 1. The van der Waals surface area contributed by atoms with E-state index in [4.69, 9.17) is 4.74 Å². The maximum Gasteiger partial charge on any atom is 0.243 e. The summed E-state index contributed by atoms with van der Waals surface area (Å²) in [6, 6.07) is 6.84. The van der Waals surface area contributed by atoms with Gasteiger partial charge in [0.05, 0.1) is 13.0 Å². The number of amides is 3. The molecule has 2 N–H and O–H groups in total. The molecule has 0 aromatic heterocycles. The summed E-state index contributed by atoms with van der Waals surface area (Å²) >= 11 is 0. The Labute approximate surface area is 184 Å². The quantitative estimate of drug-likeness (QED) is 0.665. The topological polar surface area (TPSA) is 87.7 Å². The number of benzene rings is 1. The van der Waals surface area contributed by atoms with Crippen molar-refractivity contribution in [1.82, 2.24) is 10.6 Å². The van der Waals surface area contributed by atoms with Gasteiger partial charge in [0, 0.05) is 24.7 Å². The smallest absolute Gasteiger partial charge is 0.243 e. The molecule has 1 aromatic carbocycles. The van der Waals surface area contributed by atoms with E-state index in [0.29, 0.717) is 12.3 Å². The number of hydrogen-bond donors (Lipinski definition) is 2. The second-order valence-electron chi connectivity index (χ2n) is 8.82. The van der Waals surface area contributed by atoms with Crippen LogP contribution in [0.5, 0.6) is 5.75 Å². The molecular formula is C24H35N3O4. The van der Waals surface area contributed by atoms with Gasteiger partial charge in [0.25, 0.3) is 0 Å². The van der Waals surface area contributed by atoms with E-state index in [1.54, 1.807) is 24.1 Å². The van der Waals surface area contributed by atoms with Crippen molar-refractivity contribution in [1.29, 1.82) is 0 Å². The first kappa shape index (κ1) is 23.1. The molecule has 0 spiro atoms. The monoisotopic (exact) mass is 429 g/mol. The van der Waals surface area contributed by atoms with Crippen molar-refractivity contribution in [3.05, 3.63) is 24.3 Å². The Hall–Kier alpha value is -2.57. The Morgan fingerprint density at radius 1 is 1.16 bits per heavy atom. The van der Waals surface area contributed by atoms with Crippen molar-refractivity contribution in [2.24, 2.45) is 11.8 Å². The fourth-order valence-electron chi connectivity index (χ4n) is 4.41. The lowest BCUT2D eigenvalue weighted by Gasteiger charge is -2.29. The molecule has 1 aliphatic carbocycles. The number of methoxy groups -OCH3 is 1. The Morgan fingerprint density at radius 3 is 2.45 bits per heavy atom. The predicted molar refractivity (Wildman–Crippen MR) is 120 cm³/mol. The number of hydrogen-bond acceptors (Lipinski definition) is 4. The molecule has 3 atom stereocenters. The van der Waals surface area contributed by atoms with E-state index in [2.05, 4.69) is 10.6 Å². The zero-order valence-corrected chi connectivity index (χ0v) is 18.9. The van der Waals surface area contributed by atoms with E-state index in [1.165, 1.54) is 6.42 Å². The third kappa shape index (κ3) is 5.77. The van der Waals surface area contributed by atoms with Gasteiger partial charge in [-0.15, -0.1) is 0 Å². The first-order chi connectivity index (χ1) is 14.9. The molecule has 1 saturated heterocycles. The van der Waals surface area contributed by atoms with E-state index >= 15 is 0 Å². The number of nitrogens with one attached hydrogen (secondary N) is 2. The highest BCUT2D eigenvalue weighted by Gasteiger charge is 2.37. The van der Waals surface area contributed by atoms with Crippen molar-refractivity contribution in [3.8, 4) is 5.75 Å². The molecule has 2 aliphatic rings. The molecule has 7 nitrogen and oxygen atoms in total. The first-order valence-corrected chi connectivity index (χ1v) is 11.5. The van der Waals surface area contributed by atoms with E-state index in [1.807, 2.05) is 26.0 Å². The van der Waals surface area contributed by atoms with Gasteiger partial charge in [-0.25, -0.2) is 0 Å². The van der Waals surface area contributed by atoms with E-state index < -0.39 is 12.0 Å². The van der Waals surface area contributed by atoms with Crippen LogP contribution < -0.4 is 20.3 Å². The fourth-order valence-corrected chi connectivity index (χ4v) is 4.41. The van der Waals surface area contributed by atoms with Crippen molar-refractivity contribution < 1.29 is 19.1 Å². The van der Waals surface area contributed by atoms with Gasteiger partial charge in [0.2, 0.25) is 17.7 Å².